The molecule has 0 amide bonds. The number of carbonyl (C=O) groups is 2. The molecule has 2 atom stereocenters. The van der Waals surface area contributed by atoms with E-state index in [1.54, 1.807) is 25.1 Å². The average Bonchev–Trinajstić information content (AvgIpc) is 2.67. The van der Waals surface area contributed by atoms with E-state index in [0.29, 0.717) is 11.4 Å². The minimum atomic E-state index is -0.819. The molecule has 1 aliphatic rings. The fraction of sp³-hybridized carbons (Fsp3) is 0.217. The van der Waals surface area contributed by atoms with Crippen molar-refractivity contribution in [3.63, 3.8) is 0 Å². The molecule has 0 bridgehead atoms. The zero-order valence-electron chi connectivity index (χ0n) is 15.1. The van der Waals surface area contributed by atoms with Crippen molar-refractivity contribution in [2.75, 3.05) is 6.61 Å². The molecule has 2 aromatic rings. The third kappa shape index (κ3) is 4.75. The number of carbonyl (C=O) groups excluding carboxylic acids is 2. The predicted molar refractivity (Wildman–Crippen MR) is 107 cm³/mol. The van der Waals surface area contributed by atoms with Crippen LogP contribution >= 0.6 is 11.6 Å². The molecule has 4 heteroatoms. The van der Waals surface area contributed by atoms with Gasteiger partial charge >= 0.3 is 5.97 Å². The summed E-state index contributed by atoms with van der Waals surface area (Å²) in [5.74, 6) is -1.77. The maximum absolute atomic E-state index is 12.7. The molecule has 1 aliphatic carbocycles. The van der Waals surface area contributed by atoms with Crippen LogP contribution < -0.4 is 0 Å². The molecule has 0 saturated heterocycles. The second-order valence-electron chi connectivity index (χ2n) is 6.46. The van der Waals surface area contributed by atoms with Gasteiger partial charge in [0.15, 0.2) is 5.78 Å². The Morgan fingerprint density at radius 3 is 2.48 bits per heavy atom. The maximum atomic E-state index is 12.7. The first-order valence-corrected chi connectivity index (χ1v) is 9.36. The van der Waals surface area contributed by atoms with E-state index in [1.165, 1.54) is 0 Å². The van der Waals surface area contributed by atoms with Crippen molar-refractivity contribution < 1.29 is 14.3 Å². The van der Waals surface area contributed by atoms with Gasteiger partial charge in [0.1, 0.15) is 5.92 Å². The summed E-state index contributed by atoms with van der Waals surface area (Å²) in [7, 11) is 0. The van der Waals surface area contributed by atoms with Gasteiger partial charge in [0, 0.05) is 10.9 Å². The van der Waals surface area contributed by atoms with Crippen molar-refractivity contribution in [1.29, 1.82) is 0 Å². The van der Waals surface area contributed by atoms with Gasteiger partial charge in [-0.15, -0.1) is 0 Å². The van der Waals surface area contributed by atoms with E-state index in [1.807, 2.05) is 54.6 Å². The lowest BCUT2D eigenvalue weighted by Crippen LogP contribution is -2.34. The number of hydrogen-bond donors (Lipinski definition) is 0. The quantitative estimate of drug-likeness (QED) is 0.528. The predicted octanol–water partition coefficient (Wildman–Crippen LogP) is 5.22. The Morgan fingerprint density at radius 1 is 1.11 bits per heavy atom. The summed E-state index contributed by atoms with van der Waals surface area (Å²) in [6, 6.07) is 17.2. The van der Waals surface area contributed by atoms with E-state index in [-0.39, 0.29) is 18.3 Å². The Bertz CT molecular complexity index is 866. The molecule has 0 spiro atoms. The Morgan fingerprint density at radius 2 is 1.81 bits per heavy atom. The summed E-state index contributed by atoms with van der Waals surface area (Å²) < 4.78 is 5.16. The molecule has 0 N–H and O–H groups in total. The maximum Gasteiger partial charge on any atom is 0.317 e. The lowest BCUT2D eigenvalue weighted by molar-refractivity contribution is -0.151. The summed E-state index contributed by atoms with van der Waals surface area (Å²) in [6.45, 7) is 1.99. The number of hydrogen-bond acceptors (Lipinski definition) is 3. The molecule has 0 heterocycles. The van der Waals surface area contributed by atoms with Crippen LogP contribution in [0.25, 0.3) is 6.08 Å². The van der Waals surface area contributed by atoms with E-state index in [9.17, 15) is 9.59 Å². The monoisotopic (exact) mass is 380 g/mol. The van der Waals surface area contributed by atoms with Crippen LogP contribution in [0.5, 0.6) is 0 Å². The summed E-state index contributed by atoms with van der Waals surface area (Å²) in [6.07, 6.45) is 6.06. The highest BCUT2D eigenvalue weighted by Crippen LogP contribution is 2.37. The van der Waals surface area contributed by atoms with E-state index in [4.69, 9.17) is 16.3 Å². The fourth-order valence-electron chi connectivity index (χ4n) is 3.32. The zero-order chi connectivity index (χ0) is 19.2. The molecule has 0 radical (unpaired) electrons. The fourth-order valence-corrected chi connectivity index (χ4v) is 3.44. The van der Waals surface area contributed by atoms with Gasteiger partial charge < -0.3 is 4.74 Å². The van der Waals surface area contributed by atoms with Crippen molar-refractivity contribution in [1.82, 2.24) is 0 Å². The number of benzene rings is 2. The minimum absolute atomic E-state index is 0.215. The van der Waals surface area contributed by atoms with Gasteiger partial charge in [-0.1, -0.05) is 66.2 Å². The van der Waals surface area contributed by atoms with E-state index >= 15 is 0 Å². The molecular formula is C23H21ClO3. The van der Waals surface area contributed by atoms with E-state index in [0.717, 1.165) is 16.7 Å². The minimum Gasteiger partial charge on any atom is -0.465 e. The van der Waals surface area contributed by atoms with Gasteiger partial charge in [-0.25, -0.2) is 0 Å². The molecule has 0 unspecified atom stereocenters. The van der Waals surface area contributed by atoms with Crippen LogP contribution in [0.4, 0.5) is 0 Å². The van der Waals surface area contributed by atoms with Crippen molar-refractivity contribution in [3.05, 3.63) is 88.5 Å². The number of allylic oxidation sites excluding steroid dienone is 3. The van der Waals surface area contributed by atoms with Crippen molar-refractivity contribution in [3.8, 4) is 0 Å². The normalized spacial score (nSPS) is 19.8. The van der Waals surface area contributed by atoms with Crippen LogP contribution in [-0.4, -0.2) is 18.4 Å². The molecule has 0 aromatic heterocycles. The van der Waals surface area contributed by atoms with Crippen LogP contribution in [0, 0.1) is 5.92 Å². The molecule has 27 heavy (non-hydrogen) atoms. The number of ether oxygens (including phenoxy) is 1. The standard InChI is InChI=1S/C23H21ClO3/c1-2-27-23(26)22-20(18-10-12-19(24)13-11-18)14-17(15-21(22)25)9-8-16-6-4-3-5-7-16/h3-13,15,20,22H,2,14H2,1H3/b9-8-/t20-,22-/m0/s1. The lowest BCUT2D eigenvalue weighted by atomic mass is 9.75. The highest BCUT2D eigenvalue weighted by molar-refractivity contribution is 6.30. The SMILES string of the molecule is CCOC(=O)[C@@H]1C(=O)C=C(/C=C\c2ccccc2)C[C@H]1c1ccc(Cl)cc1. The largest absolute Gasteiger partial charge is 0.465 e. The Kier molecular flexibility index (Phi) is 6.25. The van der Waals surface area contributed by atoms with Gasteiger partial charge in [-0.3, -0.25) is 9.59 Å². The van der Waals surface area contributed by atoms with Gasteiger partial charge in [-0.05, 0) is 48.3 Å². The topological polar surface area (TPSA) is 43.4 Å². The van der Waals surface area contributed by atoms with Gasteiger partial charge in [0.2, 0.25) is 0 Å². The summed E-state index contributed by atoms with van der Waals surface area (Å²) in [4.78, 5) is 25.2. The van der Waals surface area contributed by atoms with Crippen LogP contribution in [0.2, 0.25) is 5.02 Å². The Labute approximate surface area is 164 Å². The molecule has 3 rings (SSSR count). The second-order valence-corrected chi connectivity index (χ2v) is 6.89. The first kappa shape index (κ1) is 19.1. The zero-order valence-corrected chi connectivity index (χ0v) is 15.9. The van der Waals surface area contributed by atoms with Gasteiger partial charge in [0.05, 0.1) is 6.61 Å². The Hall–Kier alpha value is -2.65. The van der Waals surface area contributed by atoms with E-state index < -0.39 is 11.9 Å². The van der Waals surface area contributed by atoms with Gasteiger partial charge in [-0.2, -0.15) is 0 Å². The number of esters is 1. The Balaban J connectivity index is 1.91. The van der Waals surface area contributed by atoms with Gasteiger partial charge in [0.25, 0.3) is 0 Å². The summed E-state index contributed by atoms with van der Waals surface area (Å²) >= 11 is 5.99. The van der Waals surface area contributed by atoms with Crippen LogP contribution in [-0.2, 0) is 14.3 Å². The van der Waals surface area contributed by atoms with Crippen molar-refractivity contribution in [2.24, 2.45) is 5.92 Å². The first-order valence-electron chi connectivity index (χ1n) is 8.98. The van der Waals surface area contributed by atoms with Crippen molar-refractivity contribution in [2.45, 2.75) is 19.3 Å². The smallest absolute Gasteiger partial charge is 0.317 e. The number of rotatable bonds is 5. The first-order chi connectivity index (χ1) is 13.1. The molecule has 0 saturated carbocycles. The van der Waals surface area contributed by atoms with E-state index in [2.05, 4.69) is 0 Å². The van der Waals surface area contributed by atoms with Crippen LogP contribution in [0.15, 0.2) is 72.3 Å². The number of halogens is 1. The lowest BCUT2D eigenvalue weighted by Gasteiger charge is -2.28. The molecule has 3 nitrogen and oxygen atoms in total. The van der Waals surface area contributed by atoms with Crippen LogP contribution in [0.1, 0.15) is 30.4 Å². The van der Waals surface area contributed by atoms with Crippen molar-refractivity contribution >= 4 is 29.4 Å². The molecule has 0 aliphatic heterocycles. The molecule has 2 aromatic carbocycles. The third-order valence-electron chi connectivity index (χ3n) is 4.62. The summed E-state index contributed by atoms with van der Waals surface area (Å²) in [5, 5.41) is 0.619. The average molecular weight is 381 g/mol. The highest BCUT2D eigenvalue weighted by atomic mass is 35.5. The molecule has 138 valence electrons. The summed E-state index contributed by atoms with van der Waals surface area (Å²) in [5.41, 5.74) is 2.86. The molecular weight excluding hydrogens is 360 g/mol. The molecule has 0 fully saturated rings. The highest BCUT2D eigenvalue weighted by Gasteiger charge is 2.39. The number of ketones is 1. The third-order valence-corrected chi connectivity index (χ3v) is 4.87. The van der Waals surface area contributed by atoms with Crippen LogP contribution in [0.3, 0.4) is 0 Å². The second kappa shape index (κ2) is 8.83.